The van der Waals surface area contributed by atoms with Crippen LogP contribution < -0.4 is 0 Å². The van der Waals surface area contributed by atoms with E-state index in [2.05, 4.69) is 0 Å². The fraction of sp³-hybridized carbons (Fsp3) is 0.655. The van der Waals surface area contributed by atoms with Crippen molar-refractivity contribution >= 4 is 11.8 Å². The number of aliphatic hydroxyl groups excluding tert-OH is 4. The lowest BCUT2D eigenvalue weighted by molar-refractivity contribution is -0.358. The van der Waals surface area contributed by atoms with Gasteiger partial charge in [-0.05, 0) is 30.6 Å². The Morgan fingerprint density at radius 3 is 2.31 bits per heavy atom. The lowest BCUT2D eigenvalue weighted by atomic mass is 9.44. The van der Waals surface area contributed by atoms with Gasteiger partial charge in [-0.25, -0.2) is 0 Å². The lowest BCUT2D eigenvalue weighted by Gasteiger charge is -2.68. The molecule has 2 saturated carbocycles. The normalized spacial score (nSPS) is 44.9. The maximum absolute atomic E-state index is 14.3. The first-order chi connectivity index (χ1) is 18.2. The number of hydrogen-bond acceptors (Lipinski definition) is 10. The molecule has 1 aliphatic heterocycles. The number of carbonyl (C=O) groups excluding carboxylic acids is 2. The van der Waals surface area contributed by atoms with E-state index >= 15 is 0 Å². The number of aliphatic hydroxyl groups is 5. The van der Waals surface area contributed by atoms with Gasteiger partial charge in [0.1, 0.15) is 30.0 Å². The summed E-state index contributed by atoms with van der Waals surface area (Å²) < 4.78 is 18.1. The zero-order valence-electron chi connectivity index (χ0n) is 22.8. The van der Waals surface area contributed by atoms with Crippen LogP contribution in [0.5, 0.6) is 0 Å². The summed E-state index contributed by atoms with van der Waals surface area (Å²) in [5, 5.41) is 58.5. The van der Waals surface area contributed by atoms with E-state index in [9.17, 15) is 35.1 Å². The van der Waals surface area contributed by atoms with Crippen LogP contribution in [-0.4, -0.2) is 91.7 Å². The number of Topliss-reactive ketones (excluding diaryl/α,β-unsaturated/α-hetero) is 1. The second-order valence-corrected chi connectivity index (χ2v) is 12.3. The fourth-order valence-corrected chi connectivity index (χ4v) is 7.86. The molecule has 1 aromatic carbocycles. The SMILES string of the molecule is CC(=O)O[C@@]12COC1C[C@H](O)[C@@]1(C)C(=O)[C@H](O)C3=C(C)[C@@H](O)[C@H](O)[C@@](O)([C@@H](OCc4ccccc4)[C@@H]12)C3(C)C. The molecule has 5 N–H and O–H groups in total. The van der Waals surface area contributed by atoms with Crippen molar-refractivity contribution in [1.82, 2.24) is 0 Å². The van der Waals surface area contributed by atoms with Crippen molar-refractivity contribution in [3.05, 3.63) is 47.0 Å². The van der Waals surface area contributed by atoms with Gasteiger partial charge in [0, 0.05) is 24.7 Å². The number of benzene rings is 1. The number of fused-ring (bicyclic) bond motifs is 5. The molecule has 4 aliphatic rings. The summed E-state index contributed by atoms with van der Waals surface area (Å²) >= 11 is 0. The van der Waals surface area contributed by atoms with E-state index in [0.717, 1.165) is 5.56 Å². The third-order valence-electron chi connectivity index (χ3n) is 10.0. The molecule has 10 heteroatoms. The van der Waals surface area contributed by atoms with Crippen molar-refractivity contribution in [2.75, 3.05) is 6.61 Å². The van der Waals surface area contributed by atoms with Crippen LogP contribution in [0.1, 0.15) is 46.6 Å². The Labute approximate surface area is 227 Å². The molecule has 2 bridgehead atoms. The van der Waals surface area contributed by atoms with E-state index in [1.165, 1.54) is 20.8 Å². The van der Waals surface area contributed by atoms with Crippen LogP contribution in [-0.2, 0) is 30.4 Å². The Bertz CT molecular complexity index is 1200. The molecule has 0 radical (unpaired) electrons. The monoisotopic (exact) mass is 546 g/mol. The van der Waals surface area contributed by atoms with E-state index < -0.39 is 76.3 Å². The van der Waals surface area contributed by atoms with E-state index in [0.29, 0.717) is 0 Å². The third-order valence-corrected chi connectivity index (χ3v) is 10.0. The highest BCUT2D eigenvalue weighted by atomic mass is 16.6. The van der Waals surface area contributed by atoms with Gasteiger partial charge in [-0.15, -0.1) is 0 Å². The van der Waals surface area contributed by atoms with Crippen LogP contribution in [0, 0.1) is 16.7 Å². The van der Waals surface area contributed by atoms with Gasteiger partial charge in [0.05, 0.1) is 30.8 Å². The molecule has 1 saturated heterocycles. The van der Waals surface area contributed by atoms with Crippen LogP contribution in [0.15, 0.2) is 41.5 Å². The summed E-state index contributed by atoms with van der Waals surface area (Å²) in [7, 11) is 0. The van der Waals surface area contributed by atoms with E-state index in [-0.39, 0.29) is 30.8 Å². The fourth-order valence-electron chi connectivity index (χ4n) is 7.86. The van der Waals surface area contributed by atoms with Gasteiger partial charge in [0.25, 0.3) is 0 Å². The molecule has 3 fully saturated rings. The van der Waals surface area contributed by atoms with Gasteiger partial charge < -0.3 is 39.7 Å². The average Bonchev–Trinajstić information content (AvgIpc) is 2.88. The number of ether oxygens (including phenoxy) is 3. The van der Waals surface area contributed by atoms with Crippen LogP contribution >= 0.6 is 0 Å². The minimum absolute atomic E-state index is 0.0569. The average molecular weight is 547 g/mol. The molecular formula is C29H38O10. The minimum atomic E-state index is -2.31. The van der Waals surface area contributed by atoms with Gasteiger partial charge in [-0.1, -0.05) is 44.2 Å². The second kappa shape index (κ2) is 9.17. The zero-order valence-corrected chi connectivity index (χ0v) is 22.8. The summed E-state index contributed by atoms with van der Waals surface area (Å²) in [6.45, 7) is 7.13. The van der Waals surface area contributed by atoms with Crippen molar-refractivity contribution in [3.8, 4) is 0 Å². The molecule has 5 rings (SSSR count). The molecule has 3 aliphatic carbocycles. The van der Waals surface area contributed by atoms with Crippen LogP contribution in [0.2, 0.25) is 0 Å². The molecule has 39 heavy (non-hydrogen) atoms. The highest BCUT2D eigenvalue weighted by molar-refractivity contribution is 5.93. The molecule has 0 aromatic heterocycles. The quantitative estimate of drug-likeness (QED) is 0.264. The smallest absolute Gasteiger partial charge is 0.303 e. The molecule has 1 heterocycles. The molecule has 214 valence electrons. The predicted octanol–water partition coefficient (Wildman–Crippen LogP) is 0.412. The van der Waals surface area contributed by atoms with Gasteiger partial charge in [0.15, 0.2) is 11.4 Å². The standard InChI is InChI=1S/C29H38O10/c1-14-19-21(33)23(34)27(5)17(31)11-18-28(13-38-18,39-15(2)30)22(27)25(37-12-16-9-7-6-8-10-16)29(36,26(19,3)4)24(35)20(14)32/h6-10,17-18,20-22,24-25,31-33,35-36H,11-13H2,1-5H3/t17-,18?,20+,21+,22-,24-,25-,27+,28-,29+/m0/s1. The second-order valence-electron chi connectivity index (χ2n) is 12.3. The van der Waals surface area contributed by atoms with Gasteiger partial charge >= 0.3 is 5.97 Å². The Kier molecular flexibility index (Phi) is 6.67. The Balaban J connectivity index is 1.81. The largest absolute Gasteiger partial charge is 0.454 e. The van der Waals surface area contributed by atoms with Crippen molar-refractivity contribution < 1.29 is 49.3 Å². The summed E-state index contributed by atoms with van der Waals surface area (Å²) in [5.41, 5.74) is -6.18. The molecule has 0 spiro atoms. The van der Waals surface area contributed by atoms with Gasteiger partial charge in [-0.2, -0.15) is 0 Å². The number of hydrogen-bond donors (Lipinski definition) is 5. The number of ketones is 1. The maximum atomic E-state index is 14.3. The van der Waals surface area contributed by atoms with Crippen molar-refractivity contribution in [2.24, 2.45) is 16.7 Å². The first-order valence-electron chi connectivity index (χ1n) is 13.3. The Morgan fingerprint density at radius 1 is 1.10 bits per heavy atom. The maximum Gasteiger partial charge on any atom is 0.303 e. The summed E-state index contributed by atoms with van der Waals surface area (Å²) in [6, 6.07) is 9.06. The summed E-state index contributed by atoms with van der Waals surface area (Å²) in [6.07, 6.45) is -8.98. The highest BCUT2D eigenvalue weighted by Gasteiger charge is 2.78. The molecular weight excluding hydrogens is 508 g/mol. The van der Waals surface area contributed by atoms with E-state index in [1.54, 1.807) is 26.0 Å². The van der Waals surface area contributed by atoms with Crippen molar-refractivity contribution in [2.45, 2.75) is 95.5 Å². The van der Waals surface area contributed by atoms with E-state index in [1.807, 2.05) is 18.2 Å². The van der Waals surface area contributed by atoms with Gasteiger partial charge in [-0.3, -0.25) is 9.59 Å². The van der Waals surface area contributed by atoms with Crippen LogP contribution in [0.25, 0.3) is 0 Å². The molecule has 10 atom stereocenters. The first-order valence-corrected chi connectivity index (χ1v) is 13.3. The van der Waals surface area contributed by atoms with Crippen molar-refractivity contribution in [1.29, 1.82) is 0 Å². The third kappa shape index (κ3) is 3.59. The zero-order chi connectivity index (χ0) is 28.7. The summed E-state index contributed by atoms with van der Waals surface area (Å²) in [5.74, 6) is -2.68. The Hall–Kier alpha value is -2.18. The summed E-state index contributed by atoms with van der Waals surface area (Å²) in [4.78, 5) is 26.8. The predicted molar refractivity (Wildman–Crippen MR) is 136 cm³/mol. The molecule has 1 aromatic rings. The number of rotatable bonds is 4. The number of esters is 1. The minimum Gasteiger partial charge on any atom is -0.454 e. The van der Waals surface area contributed by atoms with Gasteiger partial charge in [0.2, 0.25) is 0 Å². The number of carbonyl (C=O) groups is 2. The Morgan fingerprint density at radius 2 is 1.74 bits per heavy atom. The van der Waals surface area contributed by atoms with Crippen LogP contribution in [0.4, 0.5) is 0 Å². The molecule has 0 amide bonds. The lowest BCUT2D eigenvalue weighted by Crippen LogP contribution is -2.83. The topological polar surface area (TPSA) is 163 Å². The molecule has 1 unspecified atom stereocenters. The van der Waals surface area contributed by atoms with Crippen molar-refractivity contribution in [3.63, 3.8) is 0 Å². The van der Waals surface area contributed by atoms with E-state index in [4.69, 9.17) is 14.2 Å². The highest BCUT2D eigenvalue weighted by Crippen LogP contribution is 2.63. The van der Waals surface area contributed by atoms with Crippen LogP contribution in [0.3, 0.4) is 0 Å². The molecule has 10 nitrogen and oxygen atoms in total. The first kappa shape index (κ1) is 28.4.